The standard InChI is InChI=1S/C16H11Cl2F2NO/c17-8-4-5-9(11(18)6-8)10-7-14(10)21-16(22)15-12(19)2-1-3-13(15)20/h1-6,10,14H,7H2,(H,21,22)/t10-,14+/m1/s1. The van der Waals surface area contributed by atoms with E-state index in [1.54, 1.807) is 18.2 Å². The predicted molar refractivity (Wildman–Crippen MR) is 81.4 cm³/mol. The second-order valence-electron chi connectivity index (χ2n) is 5.18. The molecule has 0 saturated heterocycles. The summed E-state index contributed by atoms with van der Waals surface area (Å²) >= 11 is 12.0. The summed E-state index contributed by atoms with van der Waals surface area (Å²) in [5, 5.41) is 3.68. The Hall–Kier alpha value is -1.65. The van der Waals surface area contributed by atoms with Crippen molar-refractivity contribution in [1.29, 1.82) is 0 Å². The van der Waals surface area contributed by atoms with Crippen LogP contribution in [0.25, 0.3) is 0 Å². The van der Waals surface area contributed by atoms with Crippen LogP contribution < -0.4 is 5.32 Å². The zero-order valence-corrected chi connectivity index (χ0v) is 12.8. The Morgan fingerprint density at radius 2 is 1.82 bits per heavy atom. The molecule has 6 heteroatoms. The van der Waals surface area contributed by atoms with Gasteiger partial charge in [-0.25, -0.2) is 8.78 Å². The van der Waals surface area contributed by atoms with Gasteiger partial charge in [-0.15, -0.1) is 0 Å². The van der Waals surface area contributed by atoms with E-state index in [2.05, 4.69) is 5.32 Å². The van der Waals surface area contributed by atoms with Crippen molar-refractivity contribution >= 4 is 29.1 Å². The SMILES string of the molecule is O=C(N[C@H]1C[C@@H]1c1ccc(Cl)cc1Cl)c1c(F)cccc1F. The molecule has 0 bridgehead atoms. The van der Waals surface area contributed by atoms with E-state index in [-0.39, 0.29) is 12.0 Å². The Morgan fingerprint density at radius 1 is 1.14 bits per heavy atom. The minimum Gasteiger partial charge on any atom is -0.348 e. The Kier molecular flexibility index (Phi) is 4.06. The zero-order chi connectivity index (χ0) is 15.9. The number of nitrogens with one attached hydrogen (secondary N) is 1. The fourth-order valence-corrected chi connectivity index (χ4v) is 3.00. The van der Waals surface area contributed by atoms with Crippen LogP contribution in [-0.4, -0.2) is 11.9 Å². The van der Waals surface area contributed by atoms with E-state index in [1.807, 2.05) is 0 Å². The molecule has 2 atom stereocenters. The molecule has 0 spiro atoms. The normalized spacial score (nSPS) is 19.8. The van der Waals surface area contributed by atoms with Crippen LogP contribution in [0.5, 0.6) is 0 Å². The third-order valence-corrected chi connectivity index (χ3v) is 4.22. The molecule has 0 heterocycles. The Bertz CT molecular complexity index is 731. The van der Waals surface area contributed by atoms with Crippen molar-refractivity contribution in [1.82, 2.24) is 5.32 Å². The van der Waals surface area contributed by atoms with Gasteiger partial charge < -0.3 is 5.32 Å². The van der Waals surface area contributed by atoms with Crippen LogP contribution in [0, 0.1) is 11.6 Å². The van der Waals surface area contributed by atoms with Gasteiger partial charge in [0.2, 0.25) is 0 Å². The number of carbonyl (C=O) groups excluding carboxylic acids is 1. The van der Waals surface area contributed by atoms with E-state index in [0.717, 1.165) is 17.7 Å². The maximum absolute atomic E-state index is 13.6. The molecule has 114 valence electrons. The van der Waals surface area contributed by atoms with Crippen LogP contribution in [0.2, 0.25) is 10.0 Å². The van der Waals surface area contributed by atoms with Crippen LogP contribution in [-0.2, 0) is 0 Å². The number of benzene rings is 2. The van der Waals surface area contributed by atoms with E-state index in [4.69, 9.17) is 23.2 Å². The summed E-state index contributed by atoms with van der Waals surface area (Å²) < 4.78 is 27.1. The second-order valence-corrected chi connectivity index (χ2v) is 6.03. The largest absolute Gasteiger partial charge is 0.348 e. The monoisotopic (exact) mass is 341 g/mol. The quantitative estimate of drug-likeness (QED) is 0.871. The summed E-state index contributed by atoms with van der Waals surface area (Å²) in [7, 11) is 0. The molecule has 2 aromatic carbocycles. The second kappa shape index (κ2) is 5.86. The minimum atomic E-state index is -0.876. The number of hydrogen-bond acceptors (Lipinski definition) is 1. The van der Waals surface area contributed by atoms with Gasteiger partial charge in [0, 0.05) is 22.0 Å². The van der Waals surface area contributed by atoms with E-state index in [0.29, 0.717) is 16.5 Å². The first-order valence-electron chi connectivity index (χ1n) is 6.67. The lowest BCUT2D eigenvalue weighted by Gasteiger charge is -2.08. The maximum Gasteiger partial charge on any atom is 0.257 e. The van der Waals surface area contributed by atoms with Gasteiger partial charge in [0.1, 0.15) is 17.2 Å². The summed E-state index contributed by atoms with van der Waals surface area (Å²) in [5.41, 5.74) is 0.306. The summed E-state index contributed by atoms with van der Waals surface area (Å²) in [6.45, 7) is 0. The molecule has 1 N–H and O–H groups in total. The molecule has 1 aliphatic rings. The van der Waals surface area contributed by atoms with Crippen molar-refractivity contribution in [2.75, 3.05) is 0 Å². The lowest BCUT2D eigenvalue weighted by atomic mass is 10.1. The van der Waals surface area contributed by atoms with Crippen LogP contribution in [0.4, 0.5) is 8.78 Å². The van der Waals surface area contributed by atoms with E-state index >= 15 is 0 Å². The fraction of sp³-hybridized carbons (Fsp3) is 0.188. The molecule has 1 saturated carbocycles. The highest BCUT2D eigenvalue weighted by molar-refractivity contribution is 6.35. The van der Waals surface area contributed by atoms with Crippen LogP contribution in [0.3, 0.4) is 0 Å². The molecular formula is C16H11Cl2F2NO. The highest BCUT2D eigenvalue weighted by atomic mass is 35.5. The Balaban J connectivity index is 1.72. The van der Waals surface area contributed by atoms with Crippen LogP contribution >= 0.6 is 23.2 Å². The van der Waals surface area contributed by atoms with E-state index in [9.17, 15) is 13.6 Å². The Labute approximate surface area is 136 Å². The van der Waals surface area contributed by atoms with Gasteiger partial charge in [-0.05, 0) is 36.2 Å². The summed E-state index contributed by atoms with van der Waals surface area (Å²) in [4.78, 5) is 12.0. The molecule has 1 fully saturated rings. The first-order chi connectivity index (χ1) is 10.5. The number of amides is 1. The van der Waals surface area contributed by atoms with Crippen molar-refractivity contribution in [3.63, 3.8) is 0 Å². The summed E-state index contributed by atoms with van der Waals surface area (Å²) in [6.07, 6.45) is 0.670. The van der Waals surface area contributed by atoms with Crippen LogP contribution in [0.15, 0.2) is 36.4 Å². The maximum atomic E-state index is 13.6. The lowest BCUT2D eigenvalue weighted by Crippen LogP contribution is -2.28. The molecule has 0 unspecified atom stereocenters. The van der Waals surface area contributed by atoms with Crippen molar-refractivity contribution in [3.8, 4) is 0 Å². The molecule has 0 radical (unpaired) electrons. The lowest BCUT2D eigenvalue weighted by molar-refractivity contribution is 0.0942. The third-order valence-electron chi connectivity index (χ3n) is 3.66. The van der Waals surface area contributed by atoms with Crippen molar-refractivity contribution in [3.05, 3.63) is 69.2 Å². The highest BCUT2D eigenvalue weighted by Crippen LogP contribution is 2.44. The van der Waals surface area contributed by atoms with Crippen molar-refractivity contribution < 1.29 is 13.6 Å². The fourth-order valence-electron chi connectivity index (χ4n) is 2.46. The zero-order valence-electron chi connectivity index (χ0n) is 11.2. The topological polar surface area (TPSA) is 29.1 Å². The number of carbonyl (C=O) groups is 1. The van der Waals surface area contributed by atoms with Crippen molar-refractivity contribution in [2.45, 2.75) is 18.4 Å². The third kappa shape index (κ3) is 2.94. The molecule has 22 heavy (non-hydrogen) atoms. The van der Waals surface area contributed by atoms with Gasteiger partial charge in [0.15, 0.2) is 0 Å². The molecule has 0 aliphatic heterocycles. The molecule has 3 rings (SSSR count). The van der Waals surface area contributed by atoms with Gasteiger partial charge in [0.25, 0.3) is 5.91 Å². The summed E-state index contributed by atoms with van der Waals surface area (Å²) in [5.74, 6) is -2.48. The molecule has 2 nitrogen and oxygen atoms in total. The average Bonchev–Trinajstić information content (AvgIpc) is 3.17. The van der Waals surface area contributed by atoms with Gasteiger partial charge in [-0.2, -0.15) is 0 Å². The predicted octanol–water partition coefficient (Wildman–Crippen LogP) is 4.56. The van der Waals surface area contributed by atoms with Gasteiger partial charge in [0.05, 0.1) is 0 Å². The Morgan fingerprint density at radius 3 is 2.45 bits per heavy atom. The first kappa shape index (κ1) is 15.3. The molecule has 0 aromatic heterocycles. The van der Waals surface area contributed by atoms with Crippen molar-refractivity contribution in [2.24, 2.45) is 0 Å². The molecule has 2 aromatic rings. The minimum absolute atomic E-state index is 0.0311. The van der Waals surface area contributed by atoms with E-state index < -0.39 is 23.1 Å². The molecular weight excluding hydrogens is 331 g/mol. The first-order valence-corrected chi connectivity index (χ1v) is 7.43. The van der Waals surface area contributed by atoms with Gasteiger partial charge in [-0.1, -0.05) is 35.3 Å². The average molecular weight is 342 g/mol. The summed E-state index contributed by atoms with van der Waals surface area (Å²) in [6, 6.07) is 8.28. The van der Waals surface area contributed by atoms with Crippen LogP contribution in [0.1, 0.15) is 28.3 Å². The molecule has 1 amide bonds. The number of rotatable bonds is 3. The molecule has 1 aliphatic carbocycles. The van der Waals surface area contributed by atoms with Gasteiger partial charge >= 0.3 is 0 Å². The number of halogens is 4. The van der Waals surface area contributed by atoms with Gasteiger partial charge in [-0.3, -0.25) is 4.79 Å². The van der Waals surface area contributed by atoms with E-state index in [1.165, 1.54) is 6.07 Å². The smallest absolute Gasteiger partial charge is 0.257 e. The number of hydrogen-bond donors (Lipinski definition) is 1. The highest BCUT2D eigenvalue weighted by Gasteiger charge is 2.41.